The average Bonchev–Trinajstić information content (AvgIpc) is 3.04. The second-order valence-electron chi connectivity index (χ2n) is 6.07. The topological polar surface area (TPSA) is 96.5 Å². The molecule has 0 radical (unpaired) electrons. The Morgan fingerprint density at radius 3 is 2.80 bits per heavy atom. The van der Waals surface area contributed by atoms with E-state index in [1.54, 1.807) is 30.7 Å². The summed E-state index contributed by atoms with van der Waals surface area (Å²) in [4.78, 5) is 16.4. The molecule has 4 rings (SSSR count). The SMILES string of the molecule is O=C(Nc1cc(-c2ccnnc2)n[nH]1)[C@H]1C[C@H](c2ccc(Cl)nc2)C1. The molecule has 0 aromatic carbocycles. The lowest BCUT2D eigenvalue weighted by Crippen LogP contribution is -2.33. The first kappa shape index (κ1) is 15.7. The number of rotatable bonds is 4. The van der Waals surface area contributed by atoms with E-state index in [0.29, 0.717) is 22.6 Å². The first-order chi connectivity index (χ1) is 12.2. The maximum absolute atomic E-state index is 12.4. The Bertz CT molecular complexity index is 874. The Morgan fingerprint density at radius 1 is 1.20 bits per heavy atom. The van der Waals surface area contributed by atoms with Crippen LogP contribution in [0.15, 0.2) is 42.9 Å². The molecule has 0 saturated heterocycles. The molecular formula is C17H15ClN6O. The number of hydrogen-bond acceptors (Lipinski definition) is 5. The van der Waals surface area contributed by atoms with E-state index in [9.17, 15) is 4.79 Å². The number of anilines is 1. The van der Waals surface area contributed by atoms with Crippen LogP contribution < -0.4 is 5.32 Å². The molecule has 3 aromatic heterocycles. The summed E-state index contributed by atoms with van der Waals surface area (Å²) >= 11 is 5.80. The minimum atomic E-state index is -0.00461. The van der Waals surface area contributed by atoms with Crippen LogP contribution in [0.3, 0.4) is 0 Å². The van der Waals surface area contributed by atoms with Crippen molar-refractivity contribution in [1.82, 2.24) is 25.4 Å². The van der Waals surface area contributed by atoms with Crippen LogP contribution in [-0.2, 0) is 4.79 Å². The first-order valence-corrected chi connectivity index (χ1v) is 8.31. The summed E-state index contributed by atoms with van der Waals surface area (Å²) in [6, 6.07) is 7.35. The first-order valence-electron chi connectivity index (χ1n) is 7.94. The van der Waals surface area contributed by atoms with E-state index < -0.39 is 0 Å². The van der Waals surface area contributed by atoms with Crippen molar-refractivity contribution in [3.05, 3.63) is 53.6 Å². The minimum absolute atomic E-state index is 0.00114. The fourth-order valence-corrected chi connectivity index (χ4v) is 3.06. The Kier molecular flexibility index (Phi) is 4.15. The van der Waals surface area contributed by atoms with Crippen LogP contribution in [0, 0.1) is 5.92 Å². The molecule has 126 valence electrons. The number of hydrogen-bond donors (Lipinski definition) is 2. The summed E-state index contributed by atoms with van der Waals surface area (Å²) in [7, 11) is 0. The van der Waals surface area contributed by atoms with Gasteiger partial charge in [-0.25, -0.2) is 4.98 Å². The summed E-state index contributed by atoms with van der Waals surface area (Å²) in [5.74, 6) is 0.936. The van der Waals surface area contributed by atoms with E-state index in [2.05, 4.69) is 30.7 Å². The van der Waals surface area contributed by atoms with Gasteiger partial charge in [-0.3, -0.25) is 9.89 Å². The standard InChI is InChI=1S/C17H15ClN6O/c18-15-2-1-10(8-19-15)12-5-13(6-12)17(25)22-16-7-14(23-24-16)11-3-4-20-21-9-11/h1-4,7-9,12-13H,5-6H2,(H2,22,23,24,25)/t12-,13-. The molecule has 1 amide bonds. The van der Waals surface area contributed by atoms with Crippen molar-refractivity contribution in [1.29, 1.82) is 0 Å². The second kappa shape index (κ2) is 6.60. The van der Waals surface area contributed by atoms with Crippen molar-refractivity contribution in [3.63, 3.8) is 0 Å². The van der Waals surface area contributed by atoms with Gasteiger partial charge in [-0.1, -0.05) is 17.7 Å². The maximum Gasteiger partial charge on any atom is 0.228 e. The van der Waals surface area contributed by atoms with Crippen LogP contribution in [0.4, 0.5) is 5.82 Å². The van der Waals surface area contributed by atoms with Crippen LogP contribution in [0.5, 0.6) is 0 Å². The molecule has 8 heteroatoms. The predicted octanol–water partition coefficient (Wildman–Crippen LogP) is 3.05. The molecule has 0 bridgehead atoms. The minimum Gasteiger partial charge on any atom is -0.311 e. The molecule has 1 aliphatic rings. The van der Waals surface area contributed by atoms with Crippen LogP contribution >= 0.6 is 11.6 Å². The van der Waals surface area contributed by atoms with Crippen LogP contribution in [0.25, 0.3) is 11.3 Å². The average molecular weight is 355 g/mol. The summed E-state index contributed by atoms with van der Waals surface area (Å²) < 4.78 is 0. The summed E-state index contributed by atoms with van der Waals surface area (Å²) in [5, 5.41) is 17.9. The van der Waals surface area contributed by atoms with E-state index in [1.807, 2.05) is 12.1 Å². The fraction of sp³-hybridized carbons (Fsp3) is 0.235. The van der Waals surface area contributed by atoms with Crippen LogP contribution in [-0.4, -0.2) is 31.3 Å². The normalized spacial score (nSPS) is 19.2. The summed E-state index contributed by atoms with van der Waals surface area (Å²) in [6.07, 6.45) is 6.63. The highest BCUT2D eigenvalue weighted by Crippen LogP contribution is 2.42. The highest BCUT2D eigenvalue weighted by molar-refractivity contribution is 6.29. The molecule has 0 atom stereocenters. The van der Waals surface area contributed by atoms with E-state index in [4.69, 9.17) is 11.6 Å². The zero-order valence-electron chi connectivity index (χ0n) is 13.2. The van der Waals surface area contributed by atoms with Crippen molar-refractivity contribution in [3.8, 4) is 11.3 Å². The number of aromatic nitrogens is 5. The molecule has 0 aliphatic heterocycles. The molecule has 2 N–H and O–H groups in total. The van der Waals surface area contributed by atoms with E-state index >= 15 is 0 Å². The van der Waals surface area contributed by atoms with Gasteiger partial charge in [-0.15, -0.1) is 0 Å². The van der Waals surface area contributed by atoms with Gasteiger partial charge in [0.25, 0.3) is 0 Å². The fourth-order valence-electron chi connectivity index (χ4n) is 2.94. The molecule has 0 spiro atoms. The Labute approximate surface area is 148 Å². The van der Waals surface area contributed by atoms with Gasteiger partial charge in [-0.2, -0.15) is 15.3 Å². The molecule has 7 nitrogen and oxygen atoms in total. The lowest BCUT2D eigenvalue weighted by molar-refractivity contribution is -0.122. The van der Waals surface area contributed by atoms with Crippen molar-refractivity contribution < 1.29 is 4.79 Å². The number of carbonyl (C=O) groups is 1. The van der Waals surface area contributed by atoms with Crippen molar-refractivity contribution >= 4 is 23.3 Å². The number of pyridine rings is 1. The number of amides is 1. The number of halogens is 1. The van der Waals surface area contributed by atoms with Gasteiger partial charge in [0.05, 0.1) is 18.1 Å². The van der Waals surface area contributed by atoms with E-state index in [0.717, 1.165) is 24.0 Å². The third-order valence-electron chi connectivity index (χ3n) is 4.45. The number of carbonyl (C=O) groups excluding carboxylic acids is 1. The summed E-state index contributed by atoms with van der Waals surface area (Å²) in [5.41, 5.74) is 2.68. The molecule has 1 aliphatic carbocycles. The maximum atomic E-state index is 12.4. The summed E-state index contributed by atoms with van der Waals surface area (Å²) in [6.45, 7) is 0. The number of nitrogens with zero attached hydrogens (tertiary/aromatic N) is 4. The molecule has 3 heterocycles. The van der Waals surface area contributed by atoms with Crippen molar-refractivity contribution in [2.24, 2.45) is 5.92 Å². The van der Waals surface area contributed by atoms with Crippen LogP contribution in [0.1, 0.15) is 24.3 Å². The Balaban J connectivity index is 1.34. The lowest BCUT2D eigenvalue weighted by Gasteiger charge is -2.34. The number of H-pyrrole nitrogens is 1. The molecule has 0 unspecified atom stereocenters. The Morgan fingerprint density at radius 2 is 2.08 bits per heavy atom. The largest absolute Gasteiger partial charge is 0.311 e. The zero-order valence-corrected chi connectivity index (χ0v) is 13.9. The third kappa shape index (κ3) is 3.36. The molecular weight excluding hydrogens is 340 g/mol. The van der Waals surface area contributed by atoms with E-state index in [1.165, 1.54) is 0 Å². The Hall–Kier alpha value is -2.80. The number of aromatic amines is 1. The van der Waals surface area contributed by atoms with Gasteiger partial charge in [0.1, 0.15) is 11.0 Å². The highest BCUT2D eigenvalue weighted by atomic mass is 35.5. The van der Waals surface area contributed by atoms with E-state index in [-0.39, 0.29) is 11.8 Å². The second-order valence-corrected chi connectivity index (χ2v) is 6.45. The van der Waals surface area contributed by atoms with Gasteiger partial charge in [0.2, 0.25) is 5.91 Å². The zero-order chi connectivity index (χ0) is 17.2. The smallest absolute Gasteiger partial charge is 0.228 e. The molecule has 3 aromatic rings. The lowest BCUT2D eigenvalue weighted by atomic mass is 9.71. The van der Waals surface area contributed by atoms with Crippen molar-refractivity contribution in [2.75, 3.05) is 5.32 Å². The monoisotopic (exact) mass is 354 g/mol. The predicted molar refractivity (Wildman–Crippen MR) is 93.0 cm³/mol. The molecule has 25 heavy (non-hydrogen) atoms. The molecule has 1 saturated carbocycles. The highest BCUT2D eigenvalue weighted by Gasteiger charge is 2.35. The quantitative estimate of drug-likeness (QED) is 0.702. The van der Waals surface area contributed by atoms with Gasteiger partial charge < -0.3 is 5.32 Å². The third-order valence-corrected chi connectivity index (χ3v) is 4.67. The number of nitrogens with one attached hydrogen (secondary N) is 2. The van der Waals surface area contributed by atoms with Gasteiger partial charge >= 0.3 is 0 Å². The van der Waals surface area contributed by atoms with Crippen molar-refractivity contribution in [2.45, 2.75) is 18.8 Å². The van der Waals surface area contributed by atoms with Gasteiger partial charge in [0, 0.05) is 23.7 Å². The van der Waals surface area contributed by atoms with Gasteiger partial charge in [0.15, 0.2) is 0 Å². The molecule has 1 fully saturated rings. The van der Waals surface area contributed by atoms with Gasteiger partial charge in [-0.05, 0) is 36.5 Å². The van der Waals surface area contributed by atoms with Crippen LogP contribution in [0.2, 0.25) is 5.15 Å².